The molecule has 2 rings (SSSR count). The average molecular weight is 399 g/mol. The first-order valence-corrected chi connectivity index (χ1v) is 9.01. The van der Waals surface area contributed by atoms with Crippen molar-refractivity contribution in [3.05, 3.63) is 54.1 Å². The van der Waals surface area contributed by atoms with E-state index in [0.29, 0.717) is 23.5 Å². The van der Waals surface area contributed by atoms with Crippen molar-refractivity contribution >= 4 is 29.1 Å². The second-order valence-electron chi connectivity index (χ2n) is 6.92. The fourth-order valence-electron chi connectivity index (χ4n) is 2.62. The lowest BCUT2D eigenvalue weighted by Gasteiger charge is -2.23. The maximum atomic E-state index is 12.0. The summed E-state index contributed by atoms with van der Waals surface area (Å²) < 4.78 is 5.09. The third-order valence-electron chi connectivity index (χ3n) is 4.04. The maximum absolute atomic E-state index is 12.0. The van der Waals surface area contributed by atoms with Gasteiger partial charge in [0, 0.05) is 31.3 Å². The van der Waals surface area contributed by atoms with Crippen LogP contribution in [0.1, 0.15) is 19.4 Å². The van der Waals surface area contributed by atoms with Gasteiger partial charge in [-0.1, -0.05) is 12.1 Å². The summed E-state index contributed by atoms with van der Waals surface area (Å²) in [4.78, 5) is 35.1. The van der Waals surface area contributed by atoms with Crippen LogP contribution in [0, 0.1) is 0 Å². The zero-order chi connectivity index (χ0) is 21.4. The van der Waals surface area contributed by atoms with E-state index >= 15 is 0 Å². The number of carbonyl (C=O) groups excluding carboxylic acids is 3. The number of ether oxygens (including phenoxy) is 1. The standard InChI is InChI=1S/C21H25N3O5/c1-14(25)23-16-6-8-17(9-7-16)24-20(27)19(26)22-13-21(2,28)12-15-4-10-18(29-3)11-5-15/h4-11,28H,12-13H2,1-3H3,(H,22,26)(H,23,25)(H,24,27). The number of hydrogen-bond acceptors (Lipinski definition) is 5. The number of amides is 3. The highest BCUT2D eigenvalue weighted by molar-refractivity contribution is 6.39. The lowest BCUT2D eigenvalue weighted by Crippen LogP contribution is -2.45. The SMILES string of the molecule is COc1ccc(CC(C)(O)CNC(=O)C(=O)Nc2ccc(NC(C)=O)cc2)cc1. The van der Waals surface area contributed by atoms with E-state index in [2.05, 4.69) is 16.0 Å². The highest BCUT2D eigenvalue weighted by Crippen LogP contribution is 2.17. The van der Waals surface area contributed by atoms with Gasteiger partial charge in [-0.15, -0.1) is 0 Å². The smallest absolute Gasteiger partial charge is 0.313 e. The van der Waals surface area contributed by atoms with Crippen LogP contribution in [0.5, 0.6) is 5.75 Å². The van der Waals surface area contributed by atoms with E-state index in [1.165, 1.54) is 6.92 Å². The maximum Gasteiger partial charge on any atom is 0.313 e. The highest BCUT2D eigenvalue weighted by atomic mass is 16.5. The molecule has 0 aliphatic carbocycles. The molecule has 0 bridgehead atoms. The van der Waals surface area contributed by atoms with Gasteiger partial charge >= 0.3 is 11.8 Å². The Balaban J connectivity index is 1.84. The van der Waals surface area contributed by atoms with Gasteiger partial charge in [0.1, 0.15) is 5.75 Å². The first kappa shape index (κ1) is 21.9. The average Bonchev–Trinajstić information content (AvgIpc) is 2.67. The molecule has 0 spiro atoms. The summed E-state index contributed by atoms with van der Waals surface area (Å²) in [7, 11) is 1.57. The van der Waals surface area contributed by atoms with E-state index in [1.807, 2.05) is 12.1 Å². The van der Waals surface area contributed by atoms with Crippen molar-refractivity contribution in [1.82, 2.24) is 5.32 Å². The molecule has 0 saturated carbocycles. The van der Waals surface area contributed by atoms with E-state index in [1.54, 1.807) is 50.4 Å². The minimum absolute atomic E-state index is 0.0905. The molecular weight excluding hydrogens is 374 g/mol. The van der Waals surface area contributed by atoms with E-state index in [9.17, 15) is 19.5 Å². The van der Waals surface area contributed by atoms with Crippen molar-refractivity contribution < 1.29 is 24.2 Å². The molecule has 1 unspecified atom stereocenters. The second kappa shape index (κ2) is 9.70. The number of carbonyl (C=O) groups is 3. The Morgan fingerprint density at radius 3 is 2.00 bits per heavy atom. The van der Waals surface area contributed by atoms with E-state index in [4.69, 9.17) is 4.74 Å². The Labute approximate surface area is 169 Å². The summed E-state index contributed by atoms with van der Waals surface area (Å²) in [6, 6.07) is 13.6. The Hall–Kier alpha value is -3.39. The predicted octanol–water partition coefficient (Wildman–Crippen LogP) is 1.70. The Bertz CT molecular complexity index is 861. The first-order valence-electron chi connectivity index (χ1n) is 9.01. The molecule has 0 fully saturated rings. The summed E-state index contributed by atoms with van der Waals surface area (Å²) in [6.07, 6.45) is 0.295. The van der Waals surface area contributed by atoms with E-state index in [0.717, 1.165) is 5.56 Å². The topological polar surface area (TPSA) is 117 Å². The lowest BCUT2D eigenvalue weighted by molar-refractivity contribution is -0.136. The fraction of sp³-hybridized carbons (Fsp3) is 0.286. The molecular formula is C21H25N3O5. The third kappa shape index (κ3) is 7.27. The van der Waals surface area contributed by atoms with Crippen LogP contribution in [0.4, 0.5) is 11.4 Å². The molecule has 8 nitrogen and oxygen atoms in total. The van der Waals surface area contributed by atoms with Crippen LogP contribution in [0.2, 0.25) is 0 Å². The molecule has 2 aromatic carbocycles. The monoisotopic (exact) mass is 399 g/mol. The first-order chi connectivity index (χ1) is 13.7. The third-order valence-corrected chi connectivity index (χ3v) is 4.04. The van der Waals surface area contributed by atoms with Crippen LogP contribution in [0.3, 0.4) is 0 Å². The molecule has 0 aromatic heterocycles. The zero-order valence-corrected chi connectivity index (χ0v) is 16.6. The lowest BCUT2D eigenvalue weighted by atomic mass is 9.96. The van der Waals surface area contributed by atoms with Crippen LogP contribution in [0.15, 0.2) is 48.5 Å². The Kier molecular flexibility index (Phi) is 7.33. The van der Waals surface area contributed by atoms with Gasteiger partial charge in [0.2, 0.25) is 5.91 Å². The molecule has 4 N–H and O–H groups in total. The van der Waals surface area contributed by atoms with Crippen LogP contribution in [-0.4, -0.2) is 42.1 Å². The summed E-state index contributed by atoms with van der Waals surface area (Å²) >= 11 is 0. The molecule has 1 atom stereocenters. The summed E-state index contributed by atoms with van der Waals surface area (Å²) in [5.41, 5.74) is 0.623. The van der Waals surface area contributed by atoms with Gasteiger partial charge in [-0.25, -0.2) is 0 Å². The van der Waals surface area contributed by atoms with Crippen molar-refractivity contribution in [3.63, 3.8) is 0 Å². The number of hydrogen-bond donors (Lipinski definition) is 4. The molecule has 0 aliphatic heterocycles. The van der Waals surface area contributed by atoms with Crippen LogP contribution in [0.25, 0.3) is 0 Å². The normalized spacial score (nSPS) is 12.4. The van der Waals surface area contributed by atoms with Gasteiger partial charge in [-0.3, -0.25) is 14.4 Å². The second-order valence-corrected chi connectivity index (χ2v) is 6.92. The van der Waals surface area contributed by atoms with Crippen LogP contribution >= 0.6 is 0 Å². The molecule has 0 saturated heterocycles. The van der Waals surface area contributed by atoms with Gasteiger partial charge in [-0.2, -0.15) is 0 Å². The Morgan fingerprint density at radius 1 is 0.931 bits per heavy atom. The predicted molar refractivity (Wildman–Crippen MR) is 110 cm³/mol. The minimum atomic E-state index is -1.23. The minimum Gasteiger partial charge on any atom is -0.497 e. The molecule has 8 heteroatoms. The summed E-state index contributed by atoms with van der Waals surface area (Å²) in [5.74, 6) is -1.20. The number of benzene rings is 2. The van der Waals surface area contributed by atoms with E-state index < -0.39 is 17.4 Å². The fourth-order valence-corrected chi connectivity index (χ4v) is 2.62. The number of methoxy groups -OCH3 is 1. The van der Waals surface area contributed by atoms with Crippen molar-refractivity contribution in [2.45, 2.75) is 25.9 Å². The van der Waals surface area contributed by atoms with Gasteiger partial charge in [0.25, 0.3) is 0 Å². The number of anilines is 2. The Morgan fingerprint density at radius 2 is 1.48 bits per heavy atom. The molecule has 29 heavy (non-hydrogen) atoms. The van der Waals surface area contributed by atoms with Crippen molar-refractivity contribution in [2.75, 3.05) is 24.3 Å². The van der Waals surface area contributed by atoms with Crippen molar-refractivity contribution in [1.29, 1.82) is 0 Å². The van der Waals surface area contributed by atoms with E-state index in [-0.39, 0.29) is 12.5 Å². The van der Waals surface area contributed by atoms with Crippen LogP contribution in [-0.2, 0) is 20.8 Å². The van der Waals surface area contributed by atoms with Crippen molar-refractivity contribution in [3.8, 4) is 5.75 Å². The van der Waals surface area contributed by atoms with Gasteiger partial charge < -0.3 is 25.8 Å². The molecule has 0 radical (unpaired) electrons. The van der Waals surface area contributed by atoms with Crippen LogP contribution < -0.4 is 20.7 Å². The zero-order valence-electron chi connectivity index (χ0n) is 16.6. The number of rotatable bonds is 7. The number of nitrogens with one attached hydrogen (secondary N) is 3. The van der Waals surface area contributed by atoms with Gasteiger partial charge in [0.05, 0.1) is 12.7 Å². The van der Waals surface area contributed by atoms with Gasteiger partial charge in [0.15, 0.2) is 0 Å². The molecule has 2 aromatic rings. The summed E-state index contributed by atoms with van der Waals surface area (Å²) in [6.45, 7) is 2.88. The highest BCUT2D eigenvalue weighted by Gasteiger charge is 2.24. The largest absolute Gasteiger partial charge is 0.497 e. The molecule has 0 heterocycles. The van der Waals surface area contributed by atoms with Gasteiger partial charge in [-0.05, 0) is 48.9 Å². The molecule has 3 amide bonds. The number of aliphatic hydroxyl groups is 1. The molecule has 0 aliphatic rings. The van der Waals surface area contributed by atoms with Crippen molar-refractivity contribution in [2.24, 2.45) is 0 Å². The quantitative estimate of drug-likeness (QED) is 0.529. The summed E-state index contributed by atoms with van der Waals surface area (Å²) in [5, 5.41) is 18.0. The molecule has 154 valence electrons.